The molecule has 0 spiro atoms. The Morgan fingerprint density at radius 2 is 0.933 bits per heavy atom. The molecule has 0 heterocycles. The number of halogens is 4. The second-order valence-electron chi connectivity index (χ2n) is 8.71. The van der Waals surface area contributed by atoms with Gasteiger partial charge in [0.1, 0.15) is 0 Å². The molecule has 0 aromatic heterocycles. The van der Waals surface area contributed by atoms with Gasteiger partial charge in [0.2, 0.25) is 0 Å². The van der Waals surface area contributed by atoms with Gasteiger partial charge in [0, 0.05) is 34.4 Å². The molecule has 0 fully saturated rings. The van der Waals surface area contributed by atoms with Crippen LogP contribution in [0.3, 0.4) is 0 Å². The van der Waals surface area contributed by atoms with Crippen molar-refractivity contribution in [2.24, 2.45) is 0 Å². The van der Waals surface area contributed by atoms with Crippen molar-refractivity contribution in [2.75, 3.05) is 10.6 Å². The van der Waals surface area contributed by atoms with Crippen LogP contribution in [0.1, 0.15) is 24.0 Å². The van der Waals surface area contributed by atoms with Crippen molar-refractivity contribution in [3.63, 3.8) is 0 Å². The van der Waals surface area contributed by atoms with E-state index in [4.69, 9.17) is 24.4 Å². The van der Waals surface area contributed by atoms with Gasteiger partial charge in [0.25, 0.3) is 0 Å². The van der Waals surface area contributed by atoms with Gasteiger partial charge < -0.3 is 10.6 Å². The molecule has 0 amide bonds. The Kier molecular flexibility index (Phi) is 17.3. The molecular formula is C36H26F4N2S2Ti. The Labute approximate surface area is 287 Å². The second-order valence-corrected chi connectivity index (χ2v) is 9.53. The predicted octanol–water partition coefficient (Wildman–Crippen LogP) is 9.71. The maximum atomic E-state index is 13.3. The van der Waals surface area contributed by atoms with Crippen LogP contribution in [0.4, 0.5) is 28.9 Å². The maximum absolute atomic E-state index is 13.3. The average molecular weight is 675 g/mol. The van der Waals surface area contributed by atoms with E-state index in [0.29, 0.717) is 9.98 Å². The van der Waals surface area contributed by atoms with Crippen LogP contribution in [0, 0.1) is 47.6 Å². The Bertz CT molecular complexity index is 1500. The molecule has 0 aliphatic heterocycles. The Hall–Kier alpha value is -3.95. The van der Waals surface area contributed by atoms with Gasteiger partial charge in [-0.3, -0.25) is 12.2 Å². The Balaban J connectivity index is 0.000000235. The summed E-state index contributed by atoms with van der Waals surface area (Å²) in [6.07, 6.45) is 20.0. The van der Waals surface area contributed by atoms with Crippen LogP contribution < -0.4 is 10.6 Å². The molecule has 2 aliphatic carbocycles. The topological polar surface area (TPSA) is 24.1 Å². The van der Waals surface area contributed by atoms with E-state index in [0.717, 1.165) is 36.1 Å². The molecule has 2 nitrogen and oxygen atoms in total. The van der Waals surface area contributed by atoms with E-state index in [-0.39, 0.29) is 33.1 Å². The quantitative estimate of drug-likeness (QED) is 0.0975. The summed E-state index contributed by atoms with van der Waals surface area (Å²) < 4.78 is 51.9. The first-order valence-corrected chi connectivity index (χ1v) is 14.1. The summed E-state index contributed by atoms with van der Waals surface area (Å²) in [6, 6.07) is 27.0. The zero-order valence-electron chi connectivity index (χ0n) is 23.8. The molecule has 0 unspecified atom stereocenters. The fourth-order valence-corrected chi connectivity index (χ4v) is 3.82. The van der Waals surface area contributed by atoms with Crippen LogP contribution >= 0.6 is 24.4 Å². The standard InChI is InChI=1S/2C13H8F2NS.2C5H5.Ti/c2*14-10-6-7-12(11(15)8-10)16-13(17)9-4-2-1-3-5-9;2*1-2-4-5-3-1;/h2*1-7H,(H,16,17);2*1-3H,4H2;/q4*-1;+4. The predicted molar refractivity (Wildman–Crippen MR) is 177 cm³/mol. The molecule has 2 aliphatic rings. The van der Waals surface area contributed by atoms with Gasteiger partial charge in [-0.15, -0.1) is 49.2 Å². The number of rotatable bonds is 4. The van der Waals surface area contributed by atoms with Crippen LogP contribution in [0.25, 0.3) is 0 Å². The number of benzene rings is 4. The third-order valence-electron chi connectivity index (χ3n) is 5.46. The Morgan fingerprint density at radius 3 is 1.20 bits per heavy atom. The van der Waals surface area contributed by atoms with Crippen molar-refractivity contribution < 1.29 is 39.3 Å². The number of thiocarbonyl (C=S) groups is 2. The molecule has 0 saturated carbocycles. The van der Waals surface area contributed by atoms with Gasteiger partial charge in [-0.1, -0.05) is 85.1 Å². The van der Waals surface area contributed by atoms with E-state index < -0.39 is 23.3 Å². The van der Waals surface area contributed by atoms with Crippen LogP contribution in [0.2, 0.25) is 0 Å². The molecule has 6 rings (SSSR count). The molecule has 2 N–H and O–H groups in total. The number of anilines is 2. The smallest absolute Gasteiger partial charge is 0.396 e. The van der Waals surface area contributed by atoms with E-state index >= 15 is 0 Å². The van der Waals surface area contributed by atoms with Crippen molar-refractivity contribution in [2.45, 2.75) is 12.8 Å². The molecule has 45 heavy (non-hydrogen) atoms. The summed E-state index contributed by atoms with van der Waals surface area (Å²) in [5.74, 6) is -3.05. The average Bonchev–Trinajstić information content (AvgIpc) is 3.82. The second kappa shape index (κ2) is 20.9. The molecule has 0 saturated heterocycles. The third-order valence-corrected chi connectivity index (χ3v) is 6.14. The minimum absolute atomic E-state index is 0. The molecule has 0 bridgehead atoms. The van der Waals surface area contributed by atoms with Gasteiger partial charge in [-0.25, -0.2) is 41.9 Å². The van der Waals surface area contributed by atoms with E-state index in [1.54, 1.807) is 24.3 Å². The summed E-state index contributed by atoms with van der Waals surface area (Å²) in [7, 11) is 0. The van der Waals surface area contributed by atoms with Gasteiger partial charge in [0.15, 0.2) is 0 Å². The molecule has 224 valence electrons. The Morgan fingerprint density at radius 1 is 0.556 bits per heavy atom. The molecular weight excluding hydrogens is 648 g/mol. The number of hydrogen-bond acceptors (Lipinski definition) is 2. The summed E-state index contributed by atoms with van der Waals surface area (Å²) in [6.45, 7) is 0. The molecule has 4 aromatic carbocycles. The van der Waals surface area contributed by atoms with Crippen LogP contribution in [0.5, 0.6) is 0 Å². The van der Waals surface area contributed by atoms with E-state index in [9.17, 15) is 17.6 Å². The van der Waals surface area contributed by atoms with Crippen molar-refractivity contribution >= 4 is 45.8 Å². The zero-order chi connectivity index (χ0) is 31.6. The SMILES string of the molecule is Fc1[c-]c(F)c(NC(=S)c2ccccc2)cc1.Fc1[c-]c(F)c(NC(=S)c2ccccc2)cc1.[C-]1=CC=CC1.[C-]1=CC=CC1.[Ti+4]. The van der Waals surface area contributed by atoms with Gasteiger partial charge >= 0.3 is 21.7 Å². The summed E-state index contributed by atoms with van der Waals surface area (Å²) in [5, 5.41) is 5.42. The summed E-state index contributed by atoms with van der Waals surface area (Å²) in [4.78, 5) is 0.758. The van der Waals surface area contributed by atoms with Crippen molar-refractivity contribution in [1.29, 1.82) is 0 Å². The van der Waals surface area contributed by atoms with E-state index in [1.165, 1.54) is 12.1 Å². The molecule has 4 aromatic rings. The van der Waals surface area contributed by atoms with Gasteiger partial charge in [-0.2, -0.15) is 12.2 Å². The van der Waals surface area contributed by atoms with Crippen LogP contribution in [-0.2, 0) is 21.7 Å². The number of nitrogens with one attached hydrogen (secondary N) is 2. The normalized spacial score (nSPS) is 11.5. The minimum Gasteiger partial charge on any atom is -0.396 e. The monoisotopic (exact) mass is 674 g/mol. The van der Waals surface area contributed by atoms with Crippen molar-refractivity contribution in [3.8, 4) is 0 Å². The van der Waals surface area contributed by atoms with E-state index in [1.807, 2.05) is 72.8 Å². The number of allylic oxidation sites excluding steroid dienone is 8. The molecule has 0 radical (unpaired) electrons. The van der Waals surface area contributed by atoms with Gasteiger partial charge in [-0.05, 0) is 11.4 Å². The first kappa shape index (κ1) is 37.2. The third kappa shape index (κ3) is 14.1. The van der Waals surface area contributed by atoms with Crippen LogP contribution in [-0.4, -0.2) is 9.98 Å². The van der Waals surface area contributed by atoms with Crippen molar-refractivity contribution in [3.05, 3.63) is 180 Å². The molecule has 9 heteroatoms. The van der Waals surface area contributed by atoms with Gasteiger partial charge in [0.05, 0.1) is 9.98 Å². The molecule has 0 atom stereocenters. The zero-order valence-corrected chi connectivity index (χ0v) is 27.0. The minimum atomic E-state index is -0.789. The fraction of sp³-hybridized carbons (Fsp3) is 0.0556. The largest absolute Gasteiger partial charge is 4.00 e. The van der Waals surface area contributed by atoms with Crippen molar-refractivity contribution in [1.82, 2.24) is 0 Å². The summed E-state index contributed by atoms with van der Waals surface area (Å²) >= 11 is 10.2. The maximum Gasteiger partial charge on any atom is 4.00 e. The summed E-state index contributed by atoms with van der Waals surface area (Å²) in [5.41, 5.74) is 1.76. The number of hydrogen-bond donors (Lipinski definition) is 2. The first-order valence-electron chi connectivity index (χ1n) is 13.2. The van der Waals surface area contributed by atoms with Crippen LogP contribution in [0.15, 0.2) is 121 Å². The van der Waals surface area contributed by atoms with E-state index in [2.05, 4.69) is 34.9 Å². The fourth-order valence-electron chi connectivity index (χ4n) is 3.33. The first-order chi connectivity index (χ1) is 21.3.